The van der Waals surface area contributed by atoms with Crippen molar-refractivity contribution < 1.29 is 23.1 Å². The third kappa shape index (κ3) is 6.14. The van der Waals surface area contributed by atoms with E-state index in [1.54, 1.807) is 21.4 Å². The van der Waals surface area contributed by atoms with Crippen LogP contribution in [0.2, 0.25) is 5.02 Å². The Hall–Kier alpha value is -3.90. The smallest absolute Gasteiger partial charge is 0.395 e. The molecule has 3 aromatic heterocycles. The number of amides is 1. The van der Waals surface area contributed by atoms with Gasteiger partial charge in [0.2, 0.25) is 0 Å². The van der Waals surface area contributed by atoms with Gasteiger partial charge in [-0.2, -0.15) is 13.2 Å². The largest absolute Gasteiger partial charge is 0.434 e. The van der Waals surface area contributed by atoms with Crippen LogP contribution in [-0.2, 0) is 12.7 Å². The van der Waals surface area contributed by atoms with E-state index in [1.165, 1.54) is 0 Å². The average molecular weight is 603 g/mol. The van der Waals surface area contributed by atoms with E-state index in [-0.39, 0.29) is 29.3 Å². The van der Waals surface area contributed by atoms with E-state index < -0.39 is 23.3 Å². The fraction of sp³-hybridized carbons (Fsp3) is 0.379. The number of aromatic nitrogens is 4. The average Bonchev–Trinajstić information content (AvgIpc) is 3.24. The first-order valence-electron chi connectivity index (χ1n) is 13.6. The lowest BCUT2D eigenvalue weighted by Crippen LogP contribution is -2.39. The van der Waals surface area contributed by atoms with Crippen LogP contribution in [0.3, 0.4) is 0 Å². The second kappa shape index (κ2) is 12.1. The lowest BCUT2D eigenvalue weighted by atomic mass is 9.85. The molecule has 4 aromatic rings. The fourth-order valence-electron chi connectivity index (χ4n) is 5.48. The van der Waals surface area contributed by atoms with Gasteiger partial charge in [-0.05, 0) is 61.9 Å². The number of aliphatic hydroxyl groups excluding tert-OH is 1. The highest BCUT2D eigenvalue weighted by Gasteiger charge is 2.38. The number of hydrogen-bond acceptors (Lipinski definition) is 6. The minimum atomic E-state index is -4.78. The van der Waals surface area contributed by atoms with E-state index in [0.717, 1.165) is 23.3 Å². The number of alkyl halides is 3. The third-order valence-corrected chi connectivity index (χ3v) is 7.85. The summed E-state index contributed by atoms with van der Waals surface area (Å²) in [6, 6.07) is 11.8. The Labute approximate surface area is 244 Å². The maximum atomic E-state index is 13.7. The number of benzene rings is 1. The number of halogens is 4. The van der Waals surface area contributed by atoms with Gasteiger partial charge in [0, 0.05) is 32.4 Å². The van der Waals surface area contributed by atoms with Crippen LogP contribution in [0.25, 0.3) is 16.7 Å². The van der Waals surface area contributed by atoms with Crippen molar-refractivity contribution in [1.82, 2.24) is 24.4 Å². The molecule has 1 amide bonds. The second-order valence-electron chi connectivity index (χ2n) is 10.5. The Balaban J connectivity index is 1.29. The third-order valence-electron chi connectivity index (χ3n) is 7.64. The summed E-state index contributed by atoms with van der Waals surface area (Å²) in [5.74, 6) is -0.0433. The number of nitrogens with zero attached hydrogens (tertiary/aromatic N) is 5. The van der Waals surface area contributed by atoms with Crippen molar-refractivity contribution in [3.8, 4) is 5.69 Å². The highest BCUT2D eigenvalue weighted by molar-refractivity contribution is 6.30. The molecule has 0 saturated heterocycles. The van der Waals surface area contributed by atoms with Crippen molar-refractivity contribution in [2.24, 2.45) is 5.92 Å². The van der Waals surface area contributed by atoms with Crippen LogP contribution in [0.15, 0.2) is 59.7 Å². The predicted octanol–water partition coefficient (Wildman–Crippen LogP) is 4.67. The fourth-order valence-corrected chi connectivity index (χ4v) is 5.64. The Morgan fingerprint density at radius 2 is 1.81 bits per heavy atom. The number of aliphatic hydroxyl groups is 1. The summed E-state index contributed by atoms with van der Waals surface area (Å²) in [5.41, 5.74) is 0.0917. The van der Waals surface area contributed by atoms with E-state index in [0.29, 0.717) is 50.3 Å². The van der Waals surface area contributed by atoms with Crippen molar-refractivity contribution in [2.45, 2.75) is 44.4 Å². The number of likely N-dealkylation sites (N-methyl/N-ethyl adjacent to an activating group) is 1. The highest BCUT2D eigenvalue weighted by Crippen LogP contribution is 2.32. The molecule has 42 heavy (non-hydrogen) atoms. The molecular weight excluding hydrogens is 573 g/mol. The van der Waals surface area contributed by atoms with Gasteiger partial charge in [-0.1, -0.05) is 23.7 Å². The van der Waals surface area contributed by atoms with E-state index in [4.69, 9.17) is 11.6 Å². The number of rotatable bonds is 8. The van der Waals surface area contributed by atoms with Gasteiger partial charge in [-0.3, -0.25) is 13.9 Å². The van der Waals surface area contributed by atoms with E-state index >= 15 is 0 Å². The van der Waals surface area contributed by atoms with Crippen molar-refractivity contribution in [1.29, 1.82) is 0 Å². The molecule has 1 saturated carbocycles. The normalized spacial score (nSPS) is 17.4. The number of anilines is 1. The quantitative estimate of drug-likeness (QED) is 0.304. The summed E-state index contributed by atoms with van der Waals surface area (Å²) in [5, 5.41) is 11.8. The number of fused-ring (bicyclic) bond motifs is 1. The van der Waals surface area contributed by atoms with Gasteiger partial charge in [-0.25, -0.2) is 14.8 Å². The molecule has 1 fully saturated rings. The number of pyridine rings is 2. The van der Waals surface area contributed by atoms with Crippen LogP contribution in [0.5, 0.6) is 0 Å². The Morgan fingerprint density at radius 1 is 1.10 bits per heavy atom. The molecule has 0 radical (unpaired) electrons. The molecule has 0 unspecified atom stereocenters. The Morgan fingerprint density at radius 3 is 2.45 bits per heavy atom. The van der Waals surface area contributed by atoms with Gasteiger partial charge < -0.3 is 15.3 Å². The van der Waals surface area contributed by atoms with Gasteiger partial charge in [0.1, 0.15) is 5.82 Å². The molecule has 1 aliphatic carbocycles. The number of nitrogens with one attached hydrogen (secondary N) is 1. The number of para-hydroxylation sites is 2. The summed E-state index contributed by atoms with van der Waals surface area (Å²) in [7, 11) is 1.82. The van der Waals surface area contributed by atoms with Crippen LogP contribution in [0.4, 0.5) is 19.0 Å². The van der Waals surface area contributed by atoms with Gasteiger partial charge in [0.25, 0.3) is 5.91 Å². The summed E-state index contributed by atoms with van der Waals surface area (Å²) in [6.45, 7) is 0.900. The number of carbonyl (C=O) groups excluding carboxylic acids is 1. The summed E-state index contributed by atoms with van der Waals surface area (Å²) < 4.78 is 43.5. The summed E-state index contributed by atoms with van der Waals surface area (Å²) in [6.07, 6.45) is 0.214. The molecule has 1 aliphatic rings. The Kier molecular flexibility index (Phi) is 8.55. The minimum Gasteiger partial charge on any atom is -0.395 e. The SMILES string of the molecule is CN(CCO)c1ccc(-n2c(=O)n(CC3CCC(NC(=O)c4cc(Cl)cnc4C(F)(F)F)CC3)c3ccccc32)cn1. The van der Waals surface area contributed by atoms with Gasteiger partial charge in [-0.15, -0.1) is 0 Å². The first-order chi connectivity index (χ1) is 20.1. The molecule has 0 aliphatic heterocycles. The maximum absolute atomic E-state index is 13.7. The molecule has 2 N–H and O–H groups in total. The van der Waals surface area contributed by atoms with Crippen LogP contribution in [0, 0.1) is 5.92 Å². The number of imidazole rings is 1. The standard InChI is InChI=1S/C29H30ClF3N6O3/c1-37(12-13-40)25-11-10-21(16-34-25)39-24-5-3-2-4-23(24)38(28(39)42)17-18-6-8-20(9-7-18)36-27(41)22-14-19(30)15-35-26(22)29(31,32)33/h2-5,10-11,14-16,18,20,40H,6-9,12-13,17H2,1H3,(H,36,41). The lowest BCUT2D eigenvalue weighted by molar-refractivity contribution is -0.141. The summed E-state index contributed by atoms with van der Waals surface area (Å²) >= 11 is 5.82. The zero-order valence-corrected chi connectivity index (χ0v) is 23.6. The molecule has 222 valence electrons. The first-order valence-corrected chi connectivity index (χ1v) is 14.0. The van der Waals surface area contributed by atoms with E-state index in [1.807, 2.05) is 42.3 Å². The topological polar surface area (TPSA) is 105 Å². The van der Waals surface area contributed by atoms with Crippen LogP contribution >= 0.6 is 11.6 Å². The first kappa shape index (κ1) is 29.6. The van der Waals surface area contributed by atoms with E-state index in [2.05, 4.69) is 15.3 Å². The van der Waals surface area contributed by atoms with Crippen LogP contribution in [-0.4, -0.2) is 56.4 Å². The lowest BCUT2D eigenvalue weighted by Gasteiger charge is -2.29. The molecule has 0 bridgehead atoms. The van der Waals surface area contributed by atoms with Crippen LogP contribution in [0.1, 0.15) is 41.7 Å². The van der Waals surface area contributed by atoms with Crippen molar-refractivity contribution >= 4 is 34.4 Å². The van der Waals surface area contributed by atoms with Crippen LogP contribution < -0.4 is 15.9 Å². The molecule has 5 rings (SSSR count). The van der Waals surface area contributed by atoms with Crippen molar-refractivity contribution in [2.75, 3.05) is 25.1 Å². The summed E-state index contributed by atoms with van der Waals surface area (Å²) in [4.78, 5) is 36.0. The highest BCUT2D eigenvalue weighted by atomic mass is 35.5. The molecule has 13 heteroatoms. The molecule has 1 aromatic carbocycles. The number of carbonyl (C=O) groups is 1. The zero-order valence-electron chi connectivity index (χ0n) is 22.8. The number of hydrogen-bond donors (Lipinski definition) is 2. The maximum Gasteiger partial charge on any atom is 0.434 e. The van der Waals surface area contributed by atoms with Gasteiger partial charge in [0.15, 0.2) is 5.69 Å². The molecule has 3 heterocycles. The molecule has 9 nitrogen and oxygen atoms in total. The predicted molar refractivity (Wildman–Crippen MR) is 153 cm³/mol. The second-order valence-corrected chi connectivity index (χ2v) is 10.9. The van der Waals surface area contributed by atoms with Gasteiger partial charge >= 0.3 is 11.9 Å². The minimum absolute atomic E-state index is 0.000468. The zero-order chi connectivity index (χ0) is 30.0. The molecular formula is C29H30ClF3N6O3. The van der Waals surface area contributed by atoms with E-state index in [9.17, 15) is 27.9 Å². The molecule has 0 spiro atoms. The van der Waals surface area contributed by atoms with Crippen molar-refractivity contribution in [3.05, 3.63) is 81.6 Å². The Bertz CT molecular complexity index is 1630. The molecule has 0 atom stereocenters. The van der Waals surface area contributed by atoms with Crippen molar-refractivity contribution in [3.63, 3.8) is 0 Å². The van der Waals surface area contributed by atoms with Gasteiger partial charge in [0.05, 0.1) is 40.1 Å². The monoisotopic (exact) mass is 602 g/mol.